The largest absolute Gasteiger partial charge is 0.323 e. The zero-order valence-corrected chi connectivity index (χ0v) is 11.0. The summed E-state index contributed by atoms with van der Waals surface area (Å²) in [6, 6.07) is 0.180. The summed E-state index contributed by atoms with van der Waals surface area (Å²) in [7, 11) is -0.771. The predicted molar refractivity (Wildman–Crippen MR) is 64.4 cm³/mol. The van der Waals surface area contributed by atoms with Crippen molar-refractivity contribution < 1.29 is 9.00 Å². The van der Waals surface area contributed by atoms with Crippen molar-refractivity contribution in [3.8, 4) is 0 Å². The van der Waals surface area contributed by atoms with Crippen molar-refractivity contribution in [1.82, 2.24) is 10.2 Å². The van der Waals surface area contributed by atoms with Crippen LogP contribution in [0.1, 0.15) is 33.1 Å². The van der Waals surface area contributed by atoms with Crippen molar-refractivity contribution in [1.29, 1.82) is 0 Å². The molecule has 1 amide bonds. The maximum absolute atomic E-state index is 12.2. The molecule has 0 aromatic heterocycles. The SMILES string of the molecule is CC(CCS(C)=O)N1C(=O)C2(CC2)NC1C. The average Bonchev–Trinajstić information content (AvgIpc) is 2.90. The fraction of sp³-hybridized carbons (Fsp3) is 0.909. The lowest BCUT2D eigenvalue weighted by Gasteiger charge is -2.28. The van der Waals surface area contributed by atoms with Crippen molar-refractivity contribution in [3.63, 3.8) is 0 Å². The number of hydrogen-bond donors (Lipinski definition) is 1. The Balaban J connectivity index is 1.98. The summed E-state index contributed by atoms with van der Waals surface area (Å²) in [6.07, 6.45) is 4.59. The number of rotatable bonds is 4. The maximum atomic E-state index is 12.2. The molecular weight excluding hydrogens is 224 g/mol. The van der Waals surface area contributed by atoms with Gasteiger partial charge in [-0.05, 0) is 33.1 Å². The highest BCUT2D eigenvalue weighted by Gasteiger charge is 2.58. The number of nitrogens with zero attached hydrogens (tertiary/aromatic N) is 1. The normalized spacial score (nSPS) is 30.8. The number of amides is 1. The second kappa shape index (κ2) is 4.11. The van der Waals surface area contributed by atoms with E-state index in [-0.39, 0.29) is 23.7 Å². The third-order valence-electron chi connectivity index (χ3n) is 3.59. The van der Waals surface area contributed by atoms with Gasteiger partial charge in [0, 0.05) is 28.9 Å². The minimum atomic E-state index is -0.771. The Morgan fingerprint density at radius 3 is 2.69 bits per heavy atom. The van der Waals surface area contributed by atoms with Crippen molar-refractivity contribution in [2.75, 3.05) is 12.0 Å². The van der Waals surface area contributed by atoms with Crippen molar-refractivity contribution in [2.24, 2.45) is 0 Å². The van der Waals surface area contributed by atoms with Crippen LogP contribution in [0.5, 0.6) is 0 Å². The highest BCUT2D eigenvalue weighted by Crippen LogP contribution is 2.42. The first-order valence-corrected chi connectivity index (χ1v) is 7.59. The van der Waals surface area contributed by atoms with Gasteiger partial charge in [-0.25, -0.2) is 0 Å². The lowest BCUT2D eigenvalue weighted by Crippen LogP contribution is -2.42. The van der Waals surface area contributed by atoms with Gasteiger partial charge in [0.25, 0.3) is 0 Å². The van der Waals surface area contributed by atoms with Gasteiger partial charge in [0.15, 0.2) is 0 Å². The van der Waals surface area contributed by atoms with Gasteiger partial charge in [-0.15, -0.1) is 0 Å². The summed E-state index contributed by atoms with van der Waals surface area (Å²) >= 11 is 0. The fourth-order valence-corrected chi connectivity index (χ4v) is 3.17. The van der Waals surface area contributed by atoms with E-state index in [4.69, 9.17) is 0 Å². The summed E-state index contributed by atoms with van der Waals surface area (Å²) in [5, 5.41) is 3.37. The number of nitrogens with one attached hydrogen (secondary N) is 1. The second-order valence-corrected chi connectivity index (χ2v) is 6.58. The molecular formula is C11H20N2O2S. The van der Waals surface area contributed by atoms with Gasteiger partial charge in [-0.2, -0.15) is 0 Å². The molecule has 2 fully saturated rings. The molecule has 4 nitrogen and oxygen atoms in total. The second-order valence-electron chi connectivity index (χ2n) is 5.03. The Hall–Kier alpha value is -0.420. The molecule has 1 saturated heterocycles. The topological polar surface area (TPSA) is 49.4 Å². The van der Waals surface area contributed by atoms with Gasteiger partial charge in [0.05, 0.1) is 11.7 Å². The summed E-state index contributed by atoms with van der Waals surface area (Å²) in [5.41, 5.74) is -0.223. The van der Waals surface area contributed by atoms with Gasteiger partial charge in [0.2, 0.25) is 5.91 Å². The lowest BCUT2D eigenvalue weighted by molar-refractivity contribution is -0.132. The summed E-state index contributed by atoms with van der Waals surface area (Å²) in [4.78, 5) is 14.1. The molecule has 3 atom stereocenters. The first-order chi connectivity index (χ1) is 7.46. The molecule has 1 heterocycles. The molecule has 1 aliphatic heterocycles. The van der Waals surface area contributed by atoms with Crippen LogP contribution in [0.4, 0.5) is 0 Å². The molecule has 1 spiro atoms. The van der Waals surface area contributed by atoms with Crippen LogP contribution in [0.25, 0.3) is 0 Å². The molecule has 0 bridgehead atoms. The van der Waals surface area contributed by atoms with E-state index in [2.05, 4.69) is 5.32 Å². The Labute approximate surface area is 99.2 Å². The molecule has 5 heteroatoms. The summed E-state index contributed by atoms with van der Waals surface area (Å²) in [5.74, 6) is 0.916. The first kappa shape index (κ1) is 12.0. The van der Waals surface area contributed by atoms with Crippen LogP contribution >= 0.6 is 0 Å². The van der Waals surface area contributed by atoms with Crippen LogP contribution in [-0.4, -0.2) is 44.8 Å². The first-order valence-electron chi connectivity index (χ1n) is 5.87. The third-order valence-corrected chi connectivity index (χ3v) is 4.40. The van der Waals surface area contributed by atoms with E-state index in [1.165, 1.54) is 0 Å². The lowest BCUT2D eigenvalue weighted by atomic mass is 10.2. The van der Waals surface area contributed by atoms with E-state index in [1.54, 1.807) is 6.26 Å². The molecule has 0 radical (unpaired) electrons. The van der Waals surface area contributed by atoms with E-state index < -0.39 is 10.8 Å². The minimum absolute atomic E-state index is 0.121. The van der Waals surface area contributed by atoms with Crippen LogP contribution in [0.2, 0.25) is 0 Å². The highest BCUT2D eigenvalue weighted by molar-refractivity contribution is 7.84. The molecule has 92 valence electrons. The van der Waals surface area contributed by atoms with E-state index in [0.717, 1.165) is 19.3 Å². The minimum Gasteiger partial charge on any atom is -0.323 e. The van der Waals surface area contributed by atoms with Gasteiger partial charge < -0.3 is 4.90 Å². The Kier molecular flexibility index (Phi) is 3.09. The van der Waals surface area contributed by atoms with Crippen molar-refractivity contribution >= 4 is 16.7 Å². The third kappa shape index (κ3) is 2.02. The zero-order valence-electron chi connectivity index (χ0n) is 10.2. The van der Waals surface area contributed by atoms with Gasteiger partial charge >= 0.3 is 0 Å². The number of carbonyl (C=O) groups is 1. The quantitative estimate of drug-likeness (QED) is 0.781. The van der Waals surface area contributed by atoms with Crippen molar-refractivity contribution in [2.45, 2.75) is 50.9 Å². The Morgan fingerprint density at radius 2 is 2.25 bits per heavy atom. The van der Waals surface area contributed by atoms with Crippen LogP contribution in [0, 0.1) is 0 Å². The predicted octanol–water partition coefficient (Wildman–Crippen LogP) is 0.454. The Morgan fingerprint density at radius 1 is 1.62 bits per heavy atom. The van der Waals surface area contributed by atoms with E-state index in [1.807, 2.05) is 18.7 Å². The van der Waals surface area contributed by atoms with Crippen LogP contribution in [0.3, 0.4) is 0 Å². The van der Waals surface area contributed by atoms with Crippen LogP contribution in [0.15, 0.2) is 0 Å². The molecule has 1 saturated carbocycles. The molecule has 3 unspecified atom stereocenters. The van der Waals surface area contributed by atoms with E-state index in [0.29, 0.717) is 5.75 Å². The summed E-state index contributed by atoms with van der Waals surface area (Å²) < 4.78 is 11.1. The van der Waals surface area contributed by atoms with Crippen LogP contribution in [-0.2, 0) is 15.6 Å². The fourth-order valence-electron chi connectivity index (χ4n) is 2.49. The smallest absolute Gasteiger partial charge is 0.244 e. The molecule has 2 aliphatic rings. The van der Waals surface area contributed by atoms with Gasteiger partial charge in [0.1, 0.15) is 0 Å². The van der Waals surface area contributed by atoms with E-state index in [9.17, 15) is 9.00 Å². The zero-order chi connectivity index (χ0) is 11.9. The van der Waals surface area contributed by atoms with Gasteiger partial charge in [-0.3, -0.25) is 14.3 Å². The van der Waals surface area contributed by atoms with E-state index >= 15 is 0 Å². The van der Waals surface area contributed by atoms with Crippen molar-refractivity contribution in [3.05, 3.63) is 0 Å². The maximum Gasteiger partial charge on any atom is 0.244 e. The van der Waals surface area contributed by atoms with Gasteiger partial charge in [-0.1, -0.05) is 0 Å². The molecule has 0 aromatic carbocycles. The number of carbonyl (C=O) groups excluding carboxylic acids is 1. The number of hydrogen-bond acceptors (Lipinski definition) is 3. The molecule has 1 N–H and O–H groups in total. The van der Waals surface area contributed by atoms with Crippen LogP contribution < -0.4 is 5.32 Å². The Bertz CT molecular complexity index is 328. The molecule has 2 rings (SSSR count). The highest BCUT2D eigenvalue weighted by atomic mass is 32.2. The molecule has 0 aromatic rings. The molecule has 16 heavy (non-hydrogen) atoms. The monoisotopic (exact) mass is 244 g/mol. The standard InChI is InChI=1S/C11H20N2O2S/c1-8(4-7-16(3)15)13-9(2)12-11(5-6-11)10(13)14/h8-9,12H,4-7H2,1-3H3. The molecule has 1 aliphatic carbocycles. The average molecular weight is 244 g/mol. The summed E-state index contributed by atoms with van der Waals surface area (Å²) in [6.45, 7) is 4.08.